The van der Waals surface area contributed by atoms with Gasteiger partial charge in [0.2, 0.25) is 0 Å². The van der Waals surface area contributed by atoms with Gasteiger partial charge in [0, 0.05) is 30.7 Å². The van der Waals surface area contributed by atoms with Crippen LogP contribution in [0, 0.1) is 0 Å². The maximum atomic E-state index is 11.0. The highest BCUT2D eigenvalue weighted by Gasteiger charge is 2.22. The molecule has 2 rings (SSSR count). The highest BCUT2D eigenvalue weighted by atomic mass is 32.1. The molecule has 1 aliphatic rings. The molecule has 0 saturated carbocycles. The van der Waals surface area contributed by atoms with Crippen LogP contribution in [0.5, 0.6) is 0 Å². The Morgan fingerprint density at radius 2 is 2.60 bits per heavy atom. The normalized spacial score (nSPS) is 21.3. The number of urea groups is 1. The van der Waals surface area contributed by atoms with Crippen LogP contribution in [0.3, 0.4) is 0 Å². The molecule has 1 aromatic heterocycles. The Balaban J connectivity index is 1.90. The lowest BCUT2D eigenvalue weighted by molar-refractivity contribution is 0.192. The number of nitrogens with zero attached hydrogens (tertiary/aromatic N) is 2. The van der Waals surface area contributed by atoms with Crippen LogP contribution in [0.4, 0.5) is 9.93 Å². The van der Waals surface area contributed by atoms with E-state index in [-0.39, 0.29) is 12.1 Å². The molecule has 0 spiro atoms. The molecule has 0 bridgehead atoms. The van der Waals surface area contributed by atoms with Crippen molar-refractivity contribution in [2.45, 2.75) is 18.9 Å². The number of rotatable bonds is 2. The lowest BCUT2D eigenvalue weighted by Crippen LogP contribution is -2.47. The summed E-state index contributed by atoms with van der Waals surface area (Å²) in [4.78, 5) is 16.8. The van der Waals surface area contributed by atoms with E-state index < -0.39 is 0 Å². The lowest BCUT2D eigenvalue weighted by atomic mass is 10.1. The van der Waals surface area contributed by atoms with Gasteiger partial charge in [-0.3, -0.25) is 0 Å². The zero-order valence-corrected chi connectivity index (χ0v) is 9.17. The first-order valence-electron chi connectivity index (χ1n) is 4.96. The summed E-state index contributed by atoms with van der Waals surface area (Å²) in [5, 5.41) is 6.14. The minimum atomic E-state index is -0.333. The number of anilines is 1. The number of hydrogen-bond acceptors (Lipinski definition) is 4. The van der Waals surface area contributed by atoms with Crippen LogP contribution in [-0.4, -0.2) is 35.0 Å². The minimum Gasteiger partial charge on any atom is -0.357 e. The molecule has 5 nitrogen and oxygen atoms in total. The third-order valence-corrected chi connectivity index (χ3v) is 3.20. The first-order chi connectivity index (χ1) is 7.25. The van der Waals surface area contributed by atoms with Crippen molar-refractivity contribution in [2.75, 3.05) is 18.4 Å². The van der Waals surface area contributed by atoms with E-state index in [9.17, 15) is 4.79 Å². The molecule has 1 aliphatic heterocycles. The summed E-state index contributed by atoms with van der Waals surface area (Å²) in [6, 6.07) is -0.0574. The van der Waals surface area contributed by atoms with Crippen molar-refractivity contribution in [3.05, 3.63) is 11.6 Å². The van der Waals surface area contributed by atoms with Gasteiger partial charge in [-0.05, 0) is 12.8 Å². The number of hydrogen-bond donors (Lipinski definition) is 2. The average Bonchev–Trinajstić information content (AvgIpc) is 2.71. The third kappa shape index (κ3) is 2.59. The molecule has 1 atom stereocenters. The molecule has 0 aliphatic carbocycles. The third-order valence-electron chi connectivity index (χ3n) is 2.49. The average molecular weight is 226 g/mol. The van der Waals surface area contributed by atoms with Gasteiger partial charge >= 0.3 is 6.03 Å². The number of piperidine rings is 1. The van der Waals surface area contributed by atoms with E-state index in [0.717, 1.165) is 24.5 Å². The van der Waals surface area contributed by atoms with Crippen LogP contribution in [0.15, 0.2) is 11.6 Å². The van der Waals surface area contributed by atoms with Crippen molar-refractivity contribution in [2.24, 2.45) is 5.73 Å². The fraction of sp³-hybridized carbons (Fsp3) is 0.556. The number of nitrogens with one attached hydrogen (secondary N) is 1. The van der Waals surface area contributed by atoms with Crippen molar-refractivity contribution >= 4 is 22.5 Å². The second kappa shape index (κ2) is 4.48. The number of amides is 2. The predicted molar refractivity (Wildman–Crippen MR) is 59.9 cm³/mol. The van der Waals surface area contributed by atoms with E-state index in [0.29, 0.717) is 6.54 Å². The second-order valence-electron chi connectivity index (χ2n) is 3.60. The van der Waals surface area contributed by atoms with Gasteiger partial charge in [0.15, 0.2) is 5.13 Å². The van der Waals surface area contributed by atoms with Gasteiger partial charge in [0.25, 0.3) is 0 Å². The summed E-state index contributed by atoms with van der Waals surface area (Å²) in [6.45, 7) is 1.44. The van der Waals surface area contributed by atoms with Gasteiger partial charge in [0.05, 0.1) is 0 Å². The summed E-state index contributed by atoms with van der Waals surface area (Å²) in [5.74, 6) is 0. The molecular formula is C9H14N4OS. The van der Waals surface area contributed by atoms with Crippen molar-refractivity contribution in [3.8, 4) is 0 Å². The first kappa shape index (κ1) is 10.2. The highest BCUT2D eigenvalue weighted by molar-refractivity contribution is 7.13. The summed E-state index contributed by atoms with van der Waals surface area (Å²) >= 11 is 1.57. The number of carbonyl (C=O) groups is 1. The number of carbonyl (C=O) groups excluding carboxylic acids is 1. The maximum Gasteiger partial charge on any atom is 0.314 e. The van der Waals surface area contributed by atoms with Gasteiger partial charge < -0.3 is 16.0 Å². The monoisotopic (exact) mass is 226 g/mol. The van der Waals surface area contributed by atoms with Gasteiger partial charge in [0.1, 0.15) is 0 Å². The van der Waals surface area contributed by atoms with Crippen LogP contribution < -0.4 is 11.1 Å². The van der Waals surface area contributed by atoms with Gasteiger partial charge in [-0.1, -0.05) is 0 Å². The molecule has 2 heterocycles. The predicted octanol–water partition coefficient (Wildman–Crippen LogP) is 1.10. The van der Waals surface area contributed by atoms with Gasteiger partial charge in [-0.25, -0.2) is 9.78 Å². The molecule has 82 valence electrons. The smallest absolute Gasteiger partial charge is 0.314 e. The Bertz CT molecular complexity index is 327. The number of nitrogens with two attached hydrogens (primary N) is 1. The van der Waals surface area contributed by atoms with E-state index in [1.54, 1.807) is 22.4 Å². The Labute approximate surface area is 92.3 Å². The van der Waals surface area contributed by atoms with Crippen molar-refractivity contribution in [1.29, 1.82) is 0 Å². The van der Waals surface area contributed by atoms with Crippen LogP contribution in [0.2, 0.25) is 0 Å². The topological polar surface area (TPSA) is 71.2 Å². The van der Waals surface area contributed by atoms with Crippen molar-refractivity contribution in [1.82, 2.24) is 9.88 Å². The zero-order valence-electron chi connectivity index (χ0n) is 8.35. The highest BCUT2D eigenvalue weighted by Crippen LogP contribution is 2.17. The van der Waals surface area contributed by atoms with Crippen molar-refractivity contribution in [3.63, 3.8) is 0 Å². The molecule has 1 aromatic rings. The van der Waals surface area contributed by atoms with Crippen LogP contribution in [0.1, 0.15) is 12.8 Å². The molecule has 0 aromatic carbocycles. The van der Waals surface area contributed by atoms with Crippen molar-refractivity contribution < 1.29 is 4.79 Å². The molecule has 1 fully saturated rings. The molecule has 2 amide bonds. The standard InChI is InChI=1S/C9H14N4OS/c10-8(14)13-4-1-2-7(6-13)12-9-11-3-5-15-9/h3,5,7H,1-2,4,6H2,(H2,10,14)(H,11,12). The van der Waals surface area contributed by atoms with Crippen LogP contribution in [0.25, 0.3) is 0 Å². The quantitative estimate of drug-likeness (QED) is 0.793. The molecule has 15 heavy (non-hydrogen) atoms. The lowest BCUT2D eigenvalue weighted by Gasteiger charge is -2.31. The van der Waals surface area contributed by atoms with Crippen LogP contribution >= 0.6 is 11.3 Å². The summed E-state index contributed by atoms with van der Waals surface area (Å²) in [7, 11) is 0. The summed E-state index contributed by atoms with van der Waals surface area (Å²) in [6.07, 6.45) is 3.82. The van der Waals surface area contributed by atoms with E-state index in [1.165, 1.54) is 0 Å². The molecule has 0 radical (unpaired) electrons. The second-order valence-corrected chi connectivity index (χ2v) is 4.50. The fourth-order valence-electron chi connectivity index (χ4n) is 1.76. The fourth-order valence-corrected chi connectivity index (χ4v) is 2.37. The number of aromatic nitrogens is 1. The van der Waals surface area contributed by atoms with Gasteiger partial charge in [-0.2, -0.15) is 0 Å². The Morgan fingerprint density at radius 3 is 3.27 bits per heavy atom. The molecular weight excluding hydrogens is 212 g/mol. The minimum absolute atomic E-state index is 0.275. The van der Waals surface area contributed by atoms with Crippen LogP contribution in [-0.2, 0) is 0 Å². The number of likely N-dealkylation sites (tertiary alicyclic amines) is 1. The molecule has 1 unspecified atom stereocenters. The van der Waals surface area contributed by atoms with E-state index in [4.69, 9.17) is 5.73 Å². The summed E-state index contributed by atoms with van der Waals surface area (Å²) < 4.78 is 0. The largest absolute Gasteiger partial charge is 0.357 e. The zero-order chi connectivity index (χ0) is 10.7. The molecule has 1 saturated heterocycles. The Hall–Kier alpha value is -1.30. The van der Waals surface area contributed by atoms with E-state index in [1.807, 2.05) is 5.38 Å². The number of primary amides is 1. The van der Waals surface area contributed by atoms with Gasteiger partial charge in [-0.15, -0.1) is 11.3 Å². The number of thiazole rings is 1. The summed E-state index contributed by atoms with van der Waals surface area (Å²) in [5.41, 5.74) is 5.25. The Morgan fingerprint density at radius 1 is 1.73 bits per heavy atom. The molecule has 3 N–H and O–H groups in total. The van der Waals surface area contributed by atoms with E-state index >= 15 is 0 Å². The Kier molecular flexibility index (Phi) is 3.05. The first-order valence-corrected chi connectivity index (χ1v) is 5.84. The molecule has 6 heteroatoms. The SMILES string of the molecule is NC(=O)N1CCCC(Nc2nccs2)C1. The maximum absolute atomic E-state index is 11.0. The van der Waals surface area contributed by atoms with E-state index in [2.05, 4.69) is 10.3 Å².